The molecule has 10 N–H and O–H groups in total. The van der Waals surface area contributed by atoms with Gasteiger partial charge in [0.05, 0.1) is 0 Å². The van der Waals surface area contributed by atoms with Gasteiger partial charge in [-0.15, -0.1) is 0 Å². The zero-order valence-corrected chi connectivity index (χ0v) is 7.89. The van der Waals surface area contributed by atoms with Crippen molar-refractivity contribution in [2.24, 2.45) is 0 Å². The molecule has 6 heavy (non-hydrogen) atoms. The Balaban J connectivity index is 0. The average Bonchev–Trinajstić information content (AvgIpc) is 0. The molecule has 0 saturated heterocycles. The van der Waals surface area contributed by atoms with Crippen LogP contribution in [0.2, 0.25) is 0 Å². The summed E-state index contributed by atoms with van der Waals surface area (Å²) in [5.41, 5.74) is 0. The second kappa shape index (κ2) is 178. The molecule has 0 rings (SSSR count). The van der Waals surface area contributed by atoms with Gasteiger partial charge in [-0.2, -0.15) is 0 Å². The van der Waals surface area contributed by atoms with Gasteiger partial charge < -0.3 is 27.4 Å². The van der Waals surface area contributed by atoms with E-state index in [1.165, 1.54) is 0 Å². The summed E-state index contributed by atoms with van der Waals surface area (Å²) >= 11 is 0. The molecule has 0 aromatic heterocycles. The summed E-state index contributed by atoms with van der Waals surface area (Å²) in [5, 5.41) is 0. The van der Waals surface area contributed by atoms with Crippen LogP contribution in [0.25, 0.3) is 0 Å². The molecule has 0 aliphatic carbocycles. The summed E-state index contributed by atoms with van der Waals surface area (Å²) in [5.74, 6) is 0. The molecule has 0 unspecified atom stereocenters. The monoisotopic (exact) mass is 321 g/mol. The van der Waals surface area contributed by atoms with E-state index in [0.29, 0.717) is 0 Å². The molecule has 0 heterocycles. The molecular weight excluding hydrogens is 311 g/mol. The van der Waals surface area contributed by atoms with E-state index in [4.69, 9.17) is 0 Å². The second-order valence-electron chi connectivity index (χ2n) is 0. The van der Waals surface area contributed by atoms with Crippen molar-refractivity contribution in [3.8, 4) is 0 Å². The Morgan fingerprint density at radius 3 is 0.333 bits per heavy atom. The normalized spacial score (nSPS) is 0. The van der Waals surface area contributed by atoms with Gasteiger partial charge in [-0.25, -0.2) is 0 Å². The summed E-state index contributed by atoms with van der Waals surface area (Å²) in [6.45, 7) is 0. The van der Waals surface area contributed by atoms with Crippen molar-refractivity contribution in [1.82, 2.24) is 0 Å². The number of rotatable bonds is 0. The quantitative estimate of drug-likeness (QED) is 0.425. The van der Waals surface area contributed by atoms with Crippen LogP contribution in [0.15, 0.2) is 0 Å². The minimum atomic E-state index is 0. The molecule has 43 valence electrons. The topological polar surface area (TPSA) is 158 Å². The van der Waals surface area contributed by atoms with Crippen molar-refractivity contribution in [3.63, 3.8) is 0 Å². The van der Waals surface area contributed by atoms with Gasteiger partial charge in [-0.1, -0.05) is 0 Å². The molecule has 0 aliphatic heterocycles. The van der Waals surface area contributed by atoms with Gasteiger partial charge >= 0.3 is 0 Å². The van der Waals surface area contributed by atoms with E-state index in [1.807, 2.05) is 0 Å². The first-order valence-corrected chi connectivity index (χ1v) is 0. The Kier molecular flexibility index (Phi) is 8910. The standard InChI is InChI=1S/5H2O.Pa/h5*1H2;. The van der Waals surface area contributed by atoms with E-state index in [2.05, 4.69) is 0 Å². The molecule has 0 atom stereocenters. The van der Waals surface area contributed by atoms with Gasteiger partial charge in [-0.05, 0) is 0 Å². The first-order chi connectivity index (χ1) is 0. The van der Waals surface area contributed by atoms with Gasteiger partial charge in [0.25, 0.3) is 0 Å². The maximum absolute atomic E-state index is 0. The smallest absolute Gasteiger partial charge is 0 e. The molecule has 0 aromatic rings. The van der Waals surface area contributed by atoms with Crippen LogP contribution < -0.4 is 0 Å². The predicted molar refractivity (Wildman–Crippen MR) is 18.1 cm³/mol. The third-order valence-electron chi connectivity index (χ3n) is 0. The van der Waals surface area contributed by atoms with Crippen molar-refractivity contribution >= 4 is 0 Å². The second-order valence-corrected chi connectivity index (χ2v) is 0. The van der Waals surface area contributed by atoms with Crippen LogP contribution in [0.4, 0.5) is 0 Å². The first-order valence-electron chi connectivity index (χ1n) is 0. The SMILES string of the molecule is O.O.O.O.O.[Pa]. The Morgan fingerprint density at radius 2 is 0.333 bits per heavy atom. The Morgan fingerprint density at radius 1 is 0.333 bits per heavy atom. The number of hydrogen-bond donors (Lipinski definition) is 0. The summed E-state index contributed by atoms with van der Waals surface area (Å²) in [7, 11) is 0. The molecule has 5 nitrogen and oxygen atoms in total. The molecule has 0 saturated carbocycles. The van der Waals surface area contributed by atoms with E-state index in [-0.39, 0.29) is 59.7 Å². The zero-order valence-electron chi connectivity index (χ0n) is 3.08. The van der Waals surface area contributed by atoms with E-state index in [9.17, 15) is 0 Å². The summed E-state index contributed by atoms with van der Waals surface area (Å²) in [6.07, 6.45) is 0. The maximum Gasteiger partial charge on any atom is 0 e. The molecule has 0 amide bonds. The van der Waals surface area contributed by atoms with Gasteiger partial charge in [0.2, 0.25) is 0 Å². The zero-order chi connectivity index (χ0) is 0. The van der Waals surface area contributed by atoms with Crippen molar-refractivity contribution in [2.45, 2.75) is 0 Å². The van der Waals surface area contributed by atoms with Gasteiger partial charge in [0.1, 0.15) is 0 Å². The molecule has 0 aliphatic rings. The number of hydrogen-bond acceptors (Lipinski definition) is 0. The molecule has 6 heteroatoms. The van der Waals surface area contributed by atoms with Gasteiger partial charge in [0.15, 0.2) is 0 Å². The van der Waals surface area contributed by atoms with Crippen LogP contribution in [-0.2, 0) is 0 Å². The van der Waals surface area contributed by atoms with E-state index in [1.54, 1.807) is 0 Å². The third kappa shape index (κ3) is 93.3. The fraction of sp³-hybridized carbons (Fsp3) is 0. The third-order valence-corrected chi connectivity index (χ3v) is 0. The van der Waals surface area contributed by atoms with Crippen LogP contribution in [0, 0.1) is 32.3 Å². The summed E-state index contributed by atoms with van der Waals surface area (Å²) in [4.78, 5) is 0. The van der Waals surface area contributed by atoms with Crippen LogP contribution >= 0.6 is 0 Å². The van der Waals surface area contributed by atoms with Crippen molar-refractivity contribution in [2.75, 3.05) is 0 Å². The van der Waals surface area contributed by atoms with Gasteiger partial charge in [0, 0.05) is 32.3 Å². The Labute approximate surface area is 59.8 Å². The Hall–Kier alpha value is 0.891. The Bertz CT molecular complexity index is 3.90. The molecule has 0 fully saturated rings. The van der Waals surface area contributed by atoms with Gasteiger partial charge in [-0.3, -0.25) is 0 Å². The average molecular weight is 321 g/mol. The fourth-order valence-corrected chi connectivity index (χ4v) is 0. The molecule has 1 radical (unpaired) electrons. The minimum absolute atomic E-state index is 0. The first kappa shape index (κ1) is 301. The molecule has 0 aromatic carbocycles. The van der Waals surface area contributed by atoms with E-state index < -0.39 is 0 Å². The summed E-state index contributed by atoms with van der Waals surface area (Å²) in [6, 6.07) is 0. The fourth-order valence-electron chi connectivity index (χ4n) is 0. The summed E-state index contributed by atoms with van der Waals surface area (Å²) < 4.78 is 0. The molecule has 0 bridgehead atoms. The van der Waals surface area contributed by atoms with Crippen LogP contribution in [0.3, 0.4) is 0 Å². The maximum atomic E-state index is 0. The molecular formula is H10O5Pa. The molecule has 0 spiro atoms. The largest absolute Gasteiger partial charge is 0.412 e. The van der Waals surface area contributed by atoms with Crippen molar-refractivity contribution in [3.05, 3.63) is 0 Å². The van der Waals surface area contributed by atoms with E-state index in [0.717, 1.165) is 0 Å². The van der Waals surface area contributed by atoms with E-state index >= 15 is 0 Å². The predicted octanol–water partition coefficient (Wildman–Crippen LogP) is -4.12. The van der Waals surface area contributed by atoms with Crippen LogP contribution in [0.5, 0.6) is 0 Å². The van der Waals surface area contributed by atoms with Crippen molar-refractivity contribution in [1.29, 1.82) is 0 Å². The van der Waals surface area contributed by atoms with Crippen LogP contribution in [-0.4, -0.2) is 27.4 Å². The minimum Gasteiger partial charge on any atom is -0.412 e. The van der Waals surface area contributed by atoms with Crippen LogP contribution in [0.1, 0.15) is 0 Å². The van der Waals surface area contributed by atoms with Crippen molar-refractivity contribution < 1.29 is 59.7 Å².